The van der Waals surface area contributed by atoms with Crippen LogP contribution in [0.1, 0.15) is 6.92 Å². The van der Waals surface area contributed by atoms with E-state index in [0.29, 0.717) is 23.1 Å². The van der Waals surface area contributed by atoms with Crippen LogP contribution in [0, 0.1) is 0 Å². The highest BCUT2D eigenvalue weighted by Gasteiger charge is 2.23. The fourth-order valence-corrected chi connectivity index (χ4v) is 3.22. The fraction of sp³-hybridized carbons (Fsp3) is 0.0909. The van der Waals surface area contributed by atoms with Crippen LogP contribution in [0.4, 0.5) is 17.2 Å². The first kappa shape index (κ1) is 17.1. The van der Waals surface area contributed by atoms with Gasteiger partial charge in [-0.25, -0.2) is 9.97 Å². The van der Waals surface area contributed by atoms with Crippen LogP contribution in [-0.4, -0.2) is 27.0 Å². The van der Waals surface area contributed by atoms with E-state index in [2.05, 4.69) is 20.6 Å². The highest BCUT2D eigenvalue weighted by molar-refractivity contribution is 5.98. The third kappa shape index (κ3) is 3.23. The molecule has 0 radical (unpaired) electrons. The third-order valence-electron chi connectivity index (χ3n) is 4.70. The molecule has 2 N–H and O–H groups in total. The van der Waals surface area contributed by atoms with Crippen molar-refractivity contribution in [2.45, 2.75) is 13.0 Å². The Morgan fingerprint density at radius 3 is 2.83 bits per heavy atom. The number of nitrogens with one attached hydrogen (secondary N) is 2. The van der Waals surface area contributed by atoms with Gasteiger partial charge in [0.05, 0.1) is 11.2 Å². The molecule has 1 aliphatic rings. The topological polar surface area (TPSA) is 89.0 Å². The largest absolute Gasteiger partial charge is 0.479 e. The first-order valence-corrected chi connectivity index (χ1v) is 9.23. The number of benzene rings is 2. The second-order valence-corrected chi connectivity index (χ2v) is 6.74. The quantitative estimate of drug-likeness (QED) is 0.552. The van der Waals surface area contributed by atoms with Gasteiger partial charge in [0.25, 0.3) is 5.91 Å². The number of anilines is 3. The van der Waals surface area contributed by atoms with Crippen LogP contribution in [-0.2, 0) is 4.79 Å². The number of amides is 1. The lowest BCUT2D eigenvalue weighted by molar-refractivity contribution is -0.122. The van der Waals surface area contributed by atoms with Crippen LogP contribution in [0.5, 0.6) is 5.75 Å². The zero-order chi connectivity index (χ0) is 19.8. The molecule has 1 aliphatic heterocycles. The number of carbonyl (C=O) groups is 1. The second kappa shape index (κ2) is 6.87. The Morgan fingerprint density at radius 2 is 1.97 bits per heavy atom. The van der Waals surface area contributed by atoms with Gasteiger partial charge in [-0.3, -0.25) is 9.78 Å². The van der Waals surface area contributed by atoms with Crippen LogP contribution < -0.4 is 15.4 Å². The summed E-state index contributed by atoms with van der Waals surface area (Å²) < 4.78 is 5.62. The SMILES string of the molecule is CC1Oc2ccc(Nc3nc(-c4cccnc4)nc4ccccc34)cc2NC1=O. The minimum Gasteiger partial charge on any atom is -0.479 e. The molecule has 0 bridgehead atoms. The maximum atomic E-state index is 11.9. The van der Waals surface area contributed by atoms with Crippen LogP contribution in [0.3, 0.4) is 0 Å². The molecule has 0 saturated heterocycles. The summed E-state index contributed by atoms with van der Waals surface area (Å²) in [5.74, 6) is 1.74. The van der Waals surface area contributed by atoms with Gasteiger partial charge in [-0.05, 0) is 49.4 Å². The summed E-state index contributed by atoms with van der Waals surface area (Å²) in [5, 5.41) is 7.12. The average molecular weight is 383 g/mol. The third-order valence-corrected chi connectivity index (χ3v) is 4.70. The maximum absolute atomic E-state index is 11.9. The maximum Gasteiger partial charge on any atom is 0.265 e. The summed E-state index contributed by atoms with van der Waals surface area (Å²) in [7, 11) is 0. The van der Waals surface area contributed by atoms with Crippen LogP contribution >= 0.6 is 0 Å². The van der Waals surface area contributed by atoms with Gasteiger partial charge in [-0.15, -0.1) is 0 Å². The molecule has 2 aromatic carbocycles. The summed E-state index contributed by atoms with van der Waals surface area (Å²) in [6.45, 7) is 1.72. The van der Waals surface area contributed by atoms with E-state index >= 15 is 0 Å². The smallest absolute Gasteiger partial charge is 0.265 e. The van der Waals surface area contributed by atoms with E-state index < -0.39 is 6.10 Å². The molecule has 1 atom stereocenters. The number of para-hydroxylation sites is 1. The molecule has 0 spiro atoms. The predicted molar refractivity (Wildman–Crippen MR) is 111 cm³/mol. The normalized spacial score (nSPS) is 15.3. The molecule has 0 saturated carbocycles. The van der Waals surface area contributed by atoms with Crippen molar-refractivity contribution in [1.29, 1.82) is 0 Å². The lowest BCUT2D eigenvalue weighted by Gasteiger charge is -2.23. The van der Waals surface area contributed by atoms with Crippen LogP contribution in [0.25, 0.3) is 22.3 Å². The Balaban J connectivity index is 1.57. The Labute approximate surface area is 166 Å². The number of hydrogen-bond donors (Lipinski definition) is 2. The summed E-state index contributed by atoms with van der Waals surface area (Å²) in [4.78, 5) is 25.5. The van der Waals surface area contributed by atoms with Crippen molar-refractivity contribution < 1.29 is 9.53 Å². The fourth-order valence-electron chi connectivity index (χ4n) is 3.22. The van der Waals surface area contributed by atoms with Gasteiger partial charge in [-0.2, -0.15) is 0 Å². The number of rotatable bonds is 3. The zero-order valence-corrected chi connectivity index (χ0v) is 15.6. The molecule has 0 aliphatic carbocycles. The van der Waals surface area contributed by atoms with Gasteiger partial charge in [0.15, 0.2) is 11.9 Å². The van der Waals surface area contributed by atoms with Crippen molar-refractivity contribution in [2.75, 3.05) is 10.6 Å². The van der Waals surface area contributed by atoms with Crippen molar-refractivity contribution in [3.05, 3.63) is 67.0 Å². The standard InChI is InChI=1S/C22H17N5O2/c1-13-22(28)26-18-11-15(8-9-19(18)29-13)24-21-16-6-2-3-7-17(16)25-20(27-21)14-5-4-10-23-12-14/h2-13H,1H3,(H,26,28)(H,24,25,27). The lowest BCUT2D eigenvalue weighted by atomic mass is 10.2. The van der Waals surface area contributed by atoms with Gasteiger partial charge in [-0.1, -0.05) is 12.1 Å². The molecule has 5 rings (SSSR count). The molecular weight excluding hydrogens is 366 g/mol. The molecule has 7 heteroatoms. The highest BCUT2D eigenvalue weighted by Crippen LogP contribution is 2.34. The first-order chi connectivity index (χ1) is 14.2. The Hall–Kier alpha value is -4.00. The van der Waals surface area contributed by atoms with Crippen molar-refractivity contribution in [2.24, 2.45) is 0 Å². The molecule has 1 unspecified atom stereocenters. The average Bonchev–Trinajstić information content (AvgIpc) is 2.75. The lowest BCUT2D eigenvalue weighted by Crippen LogP contribution is -2.34. The Morgan fingerprint density at radius 1 is 1.07 bits per heavy atom. The van der Waals surface area contributed by atoms with Crippen molar-refractivity contribution >= 4 is 34.0 Å². The van der Waals surface area contributed by atoms with Crippen molar-refractivity contribution in [1.82, 2.24) is 15.0 Å². The predicted octanol–water partition coefficient (Wildman–Crippen LogP) is 4.15. The molecule has 3 heterocycles. The molecule has 7 nitrogen and oxygen atoms in total. The number of aromatic nitrogens is 3. The monoisotopic (exact) mass is 383 g/mol. The summed E-state index contributed by atoms with van der Waals surface area (Å²) in [5.41, 5.74) is 3.07. The number of nitrogens with zero attached hydrogens (tertiary/aromatic N) is 3. The number of fused-ring (bicyclic) bond motifs is 2. The van der Waals surface area contributed by atoms with Crippen molar-refractivity contribution in [3.8, 4) is 17.1 Å². The number of pyridine rings is 1. The number of hydrogen-bond acceptors (Lipinski definition) is 6. The second-order valence-electron chi connectivity index (χ2n) is 6.74. The van der Waals surface area contributed by atoms with Crippen LogP contribution in [0.2, 0.25) is 0 Å². The first-order valence-electron chi connectivity index (χ1n) is 9.23. The zero-order valence-electron chi connectivity index (χ0n) is 15.6. The van der Waals surface area contributed by atoms with Crippen LogP contribution in [0.15, 0.2) is 67.0 Å². The van der Waals surface area contributed by atoms with Gasteiger partial charge < -0.3 is 15.4 Å². The minimum absolute atomic E-state index is 0.166. The highest BCUT2D eigenvalue weighted by atomic mass is 16.5. The van der Waals surface area contributed by atoms with E-state index in [1.165, 1.54) is 0 Å². The van der Waals surface area contributed by atoms with Gasteiger partial charge in [0.2, 0.25) is 0 Å². The Kier molecular flexibility index (Phi) is 4.05. The Bertz CT molecular complexity index is 1230. The van der Waals surface area contributed by atoms with E-state index in [-0.39, 0.29) is 5.91 Å². The van der Waals surface area contributed by atoms with Gasteiger partial charge >= 0.3 is 0 Å². The van der Waals surface area contributed by atoms with Crippen molar-refractivity contribution in [3.63, 3.8) is 0 Å². The minimum atomic E-state index is -0.505. The molecule has 2 aromatic heterocycles. The summed E-state index contributed by atoms with van der Waals surface area (Å²) in [6, 6.07) is 17.1. The van der Waals surface area contributed by atoms with E-state index in [0.717, 1.165) is 22.2 Å². The van der Waals surface area contributed by atoms with Gasteiger partial charge in [0.1, 0.15) is 11.6 Å². The van der Waals surface area contributed by atoms with E-state index in [1.54, 1.807) is 19.3 Å². The summed E-state index contributed by atoms with van der Waals surface area (Å²) >= 11 is 0. The van der Waals surface area contributed by atoms with E-state index in [4.69, 9.17) is 9.72 Å². The van der Waals surface area contributed by atoms with E-state index in [1.807, 2.05) is 54.6 Å². The number of carbonyl (C=O) groups excluding carboxylic acids is 1. The van der Waals surface area contributed by atoms with Gasteiger partial charge in [0, 0.05) is 29.0 Å². The molecule has 0 fully saturated rings. The number of ether oxygens (including phenoxy) is 1. The molecule has 142 valence electrons. The van der Waals surface area contributed by atoms with E-state index in [9.17, 15) is 4.79 Å². The summed E-state index contributed by atoms with van der Waals surface area (Å²) in [6.07, 6.45) is 2.95. The molecule has 29 heavy (non-hydrogen) atoms. The molecule has 1 amide bonds. The molecule has 4 aromatic rings. The molecular formula is C22H17N5O2.